The quantitative estimate of drug-likeness (QED) is 0.850. The Hall–Kier alpha value is -1.43. The van der Waals surface area contributed by atoms with Gasteiger partial charge in [-0.15, -0.1) is 11.3 Å². The van der Waals surface area contributed by atoms with Gasteiger partial charge in [0.1, 0.15) is 12.4 Å². The molecule has 0 bridgehead atoms. The summed E-state index contributed by atoms with van der Waals surface area (Å²) in [5.74, 6) is 0.960. The molecule has 0 radical (unpaired) electrons. The average Bonchev–Trinajstić information content (AvgIpc) is 3.20. The van der Waals surface area contributed by atoms with E-state index in [0.29, 0.717) is 6.61 Å². The fourth-order valence-corrected chi connectivity index (χ4v) is 3.11. The molecule has 1 N–H and O–H groups in total. The second kappa shape index (κ2) is 7.72. The number of aryl methyl sites for hydroxylation is 1. The third-order valence-corrected chi connectivity index (χ3v) is 4.41. The summed E-state index contributed by atoms with van der Waals surface area (Å²) < 4.78 is 11.6. The van der Waals surface area contributed by atoms with Crippen molar-refractivity contribution in [2.75, 3.05) is 13.2 Å². The third-order valence-electron chi connectivity index (χ3n) is 3.78. The minimum absolute atomic E-state index is 0.247. The van der Waals surface area contributed by atoms with Crippen LogP contribution in [0.5, 0.6) is 5.75 Å². The van der Waals surface area contributed by atoms with E-state index in [1.807, 2.05) is 5.51 Å². The highest BCUT2D eigenvalue weighted by Gasteiger charge is 2.16. The Morgan fingerprint density at radius 3 is 3.14 bits per heavy atom. The zero-order valence-electron chi connectivity index (χ0n) is 12.9. The summed E-state index contributed by atoms with van der Waals surface area (Å²) in [5.41, 5.74) is 5.34. The number of nitrogens with zero attached hydrogens (tertiary/aromatic N) is 1. The van der Waals surface area contributed by atoms with E-state index in [1.165, 1.54) is 11.1 Å². The van der Waals surface area contributed by atoms with Crippen molar-refractivity contribution < 1.29 is 9.47 Å². The first-order valence-corrected chi connectivity index (χ1v) is 8.67. The van der Waals surface area contributed by atoms with Crippen molar-refractivity contribution in [3.63, 3.8) is 0 Å². The molecule has 3 rings (SSSR count). The number of benzene rings is 1. The molecule has 0 amide bonds. The van der Waals surface area contributed by atoms with E-state index >= 15 is 0 Å². The van der Waals surface area contributed by atoms with Crippen LogP contribution in [0, 0.1) is 6.92 Å². The summed E-state index contributed by atoms with van der Waals surface area (Å²) in [6.45, 7) is 5.15. The van der Waals surface area contributed by atoms with Crippen molar-refractivity contribution >= 4 is 11.3 Å². The van der Waals surface area contributed by atoms with Crippen LogP contribution in [0.4, 0.5) is 0 Å². The van der Waals surface area contributed by atoms with Crippen molar-refractivity contribution in [2.24, 2.45) is 0 Å². The smallest absolute Gasteiger partial charge is 0.124 e. The SMILES string of the molecule is Cc1ccc(CNCc2cscn2)c(OCC2CCCO2)c1. The predicted octanol–water partition coefficient (Wildman–Crippen LogP) is 3.30. The Balaban J connectivity index is 1.56. The number of ether oxygens (including phenoxy) is 2. The monoisotopic (exact) mass is 318 g/mol. The number of hydrogen-bond acceptors (Lipinski definition) is 5. The topological polar surface area (TPSA) is 43.4 Å². The molecule has 22 heavy (non-hydrogen) atoms. The normalized spacial score (nSPS) is 17.8. The third kappa shape index (κ3) is 4.29. The van der Waals surface area contributed by atoms with Crippen LogP contribution in [-0.2, 0) is 17.8 Å². The first-order chi connectivity index (χ1) is 10.8. The minimum atomic E-state index is 0.247. The van der Waals surface area contributed by atoms with Crippen LogP contribution >= 0.6 is 11.3 Å². The molecule has 0 aliphatic carbocycles. The van der Waals surface area contributed by atoms with Gasteiger partial charge >= 0.3 is 0 Å². The number of hydrogen-bond donors (Lipinski definition) is 1. The Morgan fingerprint density at radius 2 is 2.36 bits per heavy atom. The van der Waals surface area contributed by atoms with Crippen molar-refractivity contribution in [3.05, 3.63) is 45.9 Å². The maximum atomic E-state index is 6.01. The van der Waals surface area contributed by atoms with Gasteiger partial charge in [-0.2, -0.15) is 0 Å². The number of aromatic nitrogens is 1. The molecule has 2 aromatic rings. The Bertz CT molecular complexity index is 580. The minimum Gasteiger partial charge on any atom is -0.491 e. The number of thiazole rings is 1. The van der Waals surface area contributed by atoms with E-state index in [0.717, 1.165) is 44.0 Å². The van der Waals surface area contributed by atoms with E-state index in [4.69, 9.17) is 9.47 Å². The molecule has 2 heterocycles. The highest BCUT2D eigenvalue weighted by atomic mass is 32.1. The van der Waals surface area contributed by atoms with Crippen molar-refractivity contribution in [3.8, 4) is 5.75 Å². The lowest BCUT2D eigenvalue weighted by Gasteiger charge is -2.15. The Morgan fingerprint density at radius 1 is 1.41 bits per heavy atom. The molecule has 1 unspecified atom stereocenters. The summed E-state index contributed by atoms with van der Waals surface area (Å²) in [6.07, 6.45) is 2.49. The van der Waals surface area contributed by atoms with Crippen LogP contribution in [0.25, 0.3) is 0 Å². The van der Waals surface area contributed by atoms with Gasteiger partial charge in [0.25, 0.3) is 0 Å². The molecule has 1 aliphatic heterocycles. The maximum absolute atomic E-state index is 6.01. The molecule has 0 spiro atoms. The summed E-state index contributed by atoms with van der Waals surface area (Å²) in [5, 5.41) is 5.49. The standard InChI is InChI=1S/C17H22N2O2S/c1-13-4-5-14(8-18-9-15-11-22-12-19-15)17(7-13)21-10-16-3-2-6-20-16/h4-5,7,11-12,16,18H,2-3,6,8-10H2,1H3. The number of nitrogens with one attached hydrogen (secondary N) is 1. The zero-order valence-corrected chi connectivity index (χ0v) is 13.7. The van der Waals surface area contributed by atoms with Gasteiger partial charge in [-0.1, -0.05) is 12.1 Å². The van der Waals surface area contributed by atoms with Gasteiger partial charge in [-0.25, -0.2) is 4.98 Å². The van der Waals surface area contributed by atoms with E-state index in [-0.39, 0.29) is 6.10 Å². The van der Waals surface area contributed by atoms with E-state index in [9.17, 15) is 0 Å². The van der Waals surface area contributed by atoms with Gasteiger partial charge in [0.2, 0.25) is 0 Å². The fourth-order valence-electron chi connectivity index (χ4n) is 2.55. The van der Waals surface area contributed by atoms with E-state index in [1.54, 1.807) is 11.3 Å². The second-order valence-corrected chi connectivity index (χ2v) is 6.36. The van der Waals surface area contributed by atoms with Crippen LogP contribution < -0.4 is 10.1 Å². The first-order valence-electron chi connectivity index (χ1n) is 7.73. The van der Waals surface area contributed by atoms with Crippen molar-refractivity contribution in [1.82, 2.24) is 10.3 Å². The summed E-state index contributed by atoms with van der Waals surface area (Å²) in [7, 11) is 0. The highest BCUT2D eigenvalue weighted by molar-refractivity contribution is 7.07. The van der Waals surface area contributed by atoms with Gasteiger partial charge in [-0.3, -0.25) is 0 Å². The van der Waals surface area contributed by atoms with Gasteiger partial charge in [0.05, 0.1) is 17.3 Å². The summed E-state index contributed by atoms with van der Waals surface area (Å²) in [6, 6.07) is 6.36. The second-order valence-electron chi connectivity index (χ2n) is 5.64. The van der Waals surface area contributed by atoms with E-state index in [2.05, 4.69) is 40.8 Å². The summed E-state index contributed by atoms with van der Waals surface area (Å²) >= 11 is 1.62. The molecule has 4 nitrogen and oxygen atoms in total. The van der Waals surface area contributed by atoms with Crippen LogP contribution in [0.2, 0.25) is 0 Å². The predicted molar refractivity (Wildman–Crippen MR) is 88.3 cm³/mol. The van der Waals surface area contributed by atoms with Gasteiger partial charge in [0.15, 0.2) is 0 Å². The average molecular weight is 318 g/mol. The van der Waals surface area contributed by atoms with Crippen molar-refractivity contribution in [1.29, 1.82) is 0 Å². The molecule has 1 saturated heterocycles. The lowest BCUT2D eigenvalue weighted by Crippen LogP contribution is -2.18. The molecule has 5 heteroatoms. The lowest BCUT2D eigenvalue weighted by atomic mass is 10.1. The maximum Gasteiger partial charge on any atom is 0.124 e. The van der Waals surface area contributed by atoms with Gasteiger partial charge in [0, 0.05) is 30.6 Å². The Kier molecular flexibility index (Phi) is 5.43. The molecule has 1 fully saturated rings. The zero-order chi connectivity index (χ0) is 15.2. The van der Waals surface area contributed by atoms with E-state index < -0.39 is 0 Å². The molecular weight excluding hydrogens is 296 g/mol. The van der Waals surface area contributed by atoms with Crippen LogP contribution in [0.15, 0.2) is 29.1 Å². The molecule has 1 aromatic heterocycles. The van der Waals surface area contributed by atoms with Crippen LogP contribution in [0.1, 0.15) is 29.7 Å². The molecule has 1 aromatic carbocycles. The highest BCUT2D eigenvalue weighted by Crippen LogP contribution is 2.22. The van der Waals surface area contributed by atoms with Gasteiger partial charge < -0.3 is 14.8 Å². The lowest BCUT2D eigenvalue weighted by molar-refractivity contribution is 0.0675. The molecule has 1 aliphatic rings. The summed E-state index contributed by atoms with van der Waals surface area (Å²) in [4.78, 5) is 4.28. The van der Waals surface area contributed by atoms with Crippen molar-refractivity contribution in [2.45, 2.75) is 39.0 Å². The largest absolute Gasteiger partial charge is 0.491 e. The number of rotatable bonds is 7. The fraction of sp³-hybridized carbons (Fsp3) is 0.471. The Labute approximate surface area is 135 Å². The first kappa shape index (κ1) is 15.5. The molecular formula is C17H22N2O2S. The van der Waals surface area contributed by atoms with Gasteiger partial charge in [-0.05, 0) is 31.4 Å². The van der Waals surface area contributed by atoms with Crippen LogP contribution in [0.3, 0.4) is 0 Å². The molecule has 0 saturated carbocycles. The van der Waals surface area contributed by atoms with Crippen LogP contribution in [-0.4, -0.2) is 24.3 Å². The molecule has 1 atom stereocenters. The molecule has 118 valence electrons.